The SMILES string of the molecule is C=CCOc1ccc(-c2nn(-c3ccccc3)cc2/C=c2\sc3nc(-c4ccc(C)cc4)nn3c2=O)cc1. The Bertz CT molecular complexity index is 1850. The summed E-state index contributed by atoms with van der Waals surface area (Å²) in [5, 5.41) is 9.35. The minimum absolute atomic E-state index is 0.206. The fourth-order valence-corrected chi connectivity index (χ4v) is 4.99. The fourth-order valence-electron chi connectivity index (χ4n) is 4.09. The van der Waals surface area contributed by atoms with Gasteiger partial charge in [0.05, 0.1) is 10.2 Å². The van der Waals surface area contributed by atoms with E-state index in [-0.39, 0.29) is 5.56 Å². The average molecular weight is 518 g/mol. The second-order valence-electron chi connectivity index (χ2n) is 8.75. The number of thiazole rings is 1. The van der Waals surface area contributed by atoms with E-state index >= 15 is 0 Å². The highest BCUT2D eigenvalue weighted by molar-refractivity contribution is 7.15. The molecule has 0 amide bonds. The van der Waals surface area contributed by atoms with Crippen molar-refractivity contribution in [2.75, 3.05) is 6.61 Å². The lowest BCUT2D eigenvalue weighted by atomic mass is 10.1. The molecule has 0 bridgehead atoms. The van der Waals surface area contributed by atoms with Crippen molar-refractivity contribution >= 4 is 22.4 Å². The molecule has 8 heteroatoms. The normalized spacial score (nSPS) is 11.8. The largest absolute Gasteiger partial charge is 0.490 e. The summed E-state index contributed by atoms with van der Waals surface area (Å²) in [6, 6.07) is 25.5. The van der Waals surface area contributed by atoms with Gasteiger partial charge >= 0.3 is 0 Å². The Balaban J connectivity index is 1.44. The van der Waals surface area contributed by atoms with Crippen LogP contribution in [0.5, 0.6) is 5.75 Å². The first-order valence-electron chi connectivity index (χ1n) is 12.1. The maximum Gasteiger partial charge on any atom is 0.291 e. The Kier molecular flexibility index (Phi) is 6.15. The van der Waals surface area contributed by atoms with Crippen LogP contribution in [0, 0.1) is 6.92 Å². The minimum Gasteiger partial charge on any atom is -0.490 e. The van der Waals surface area contributed by atoms with Crippen molar-refractivity contribution in [1.29, 1.82) is 0 Å². The van der Waals surface area contributed by atoms with Gasteiger partial charge in [0.1, 0.15) is 18.1 Å². The summed E-state index contributed by atoms with van der Waals surface area (Å²) in [4.78, 5) is 18.5. The zero-order valence-corrected chi connectivity index (χ0v) is 21.4. The number of rotatable bonds is 7. The maximum absolute atomic E-state index is 13.3. The van der Waals surface area contributed by atoms with Crippen LogP contribution in [-0.4, -0.2) is 31.0 Å². The van der Waals surface area contributed by atoms with Crippen molar-refractivity contribution in [3.05, 3.63) is 124 Å². The van der Waals surface area contributed by atoms with Crippen molar-refractivity contribution in [2.24, 2.45) is 0 Å². The second kappa shape index (κ2) is 9.91. The van der Waals surface area contributed by atoms with Crippen LogP contribution >= 0.6 is 11.3 Å². The molecule has 0 N–H and O–H groups in total. The van der Waals surface area contributed by atoms with Gasteiger partial charge in [0.15, 0.2) is 5.82 Å². The number of benzene rings is 3. The van der Waals surface area contributed by atoms with Crippen LogP contribution < -0.4 is 14.8 Å². The third-order valence-corrected chi connectivity index (χ3v) is 7.00. The molecule has 0 aliphatic rings. The van der Waals surface area contributed by atoms with Gasteiger partial charge in [-0.1, -0.05) is 72.0 Å². The summed E-state index contributed by atoms with van der Waals surface area (Å²) in [6.45, 7) is 6.15. The van der Waals surface area contributed by atoms with Gasteiger partial charge in [0.25, 0.3) is 5.56 Å². The van der Waals surface area contributed by atoms with Crippen molar-refractivity contribution in [2.45, 2.75) is 6.92 Å². The van der Waals surface area contributed by atoms with Gasteiger partial charge in [-0.2, -0.15) is 14.6 Å². The van der Waals surface area contributed by atoms with Gasteiger partial charge in [-0.15, -0.1) is 5.10 Å². The van der Waals surface area contributed by atoms with E-state index in [1.165, 1.54) is 15.9 Å². The van der Waals surface area contributed by atoms with Crippen molar-refractivity contribution in [3.8, 4) is 34.1 Å². The first-order valence-corrected chi connectivity index (χ1v) is 12.9. The molecule has 3 heterocycles. The summed E-state index contributed by atoms with van der Waals surface area (Å²) < 4.78 is 9.36. The molecule has 0 aliphatic carbocycles. The average Bonchev–Trinajstić information content (AvgIpc) is 3.64. The number of ether oxygens (including phenoxy) is 1. The molecule has 0 spiro atoms. The van der Waals surface area contributed by atoms with E-state index < -0.39 is 0 Å². The van der Waals surface area contributed by atoms with Crippen molar-refractivity contribution in [3.63, 3.8) is 0 Å². The van der Waals surface area contributed by atoms with E-state index in [2.05, 4.69) is 16.7 Å². The monoisotopic (exact) mass is 517 g/mol. The number of nitrogens with zero attached hydrogens (tertiary/aromatic N) is 5. The van der Waals surface area contributed by atoms with E-state index in [0.29, 0.717) is 21.9 Å². The first kappa shape index (κ1) is 23.6. The first-order chi connectivity index (χ1) is 18.6. The standard InChI is InChI=1S/C30H23N5O2S/c1-3-17-37-25-15-13-21(14-16-25)27-23(19-34(32-27)24-7-5-4-6-8-24)18-26-29(36)35-30(38-26)31-28(33-35)22-11-9-20(2)10-12-22/h3-16,18-19H,1,17H2,2H3/b26-18-. The molecule has 0 fully saturated rings. The van der Waals surface area contributed by atoms with Gasteiger partial charge in [0, 0.05) is 22.9 Å². The van der Waals surface area contributed by atoms with Crippen molar-refractivity contribution < 1.29 is 4.74 Å². The Labute approximate surface area is 222 Å². The smallest absolute Gasteiger partial charge is 0.291 e. The predicted molar refractivity (Wildman–Crippen MR) is 151 cm³/mol. The lowest BCUT2D eigenvalue weighted by molar-refractivity contribution is 0.363. The molecule has 6 rings (SSSR count). The molecule has 0 atom stereocenters. The molecule has 0 aliphatic heterocycles. The summed E-state index contributed by atoms with van der Waals surface area (Å²) in [6.07, 6.45) is 5.50. The molecule has 0 saturated carbocycles. The third kappa shape index (κ3) is 4.53. The lowest BCUT2D eigenvalue weighted by Crippen LogP contribution is -2.23. The van der Waals surface area contributed by atoms with E-state index in [1.807, 2.05) is 103 Å². The van der Waals surface area contributed by atoms with E-state index in [9.17, 15) is 4.79 Å². The highest BCUT2D eigenvalue weighted by Gasteiger charge is 2.15. The van der Waals surface area contributed by atoms with Crippen LogP contribution in [0.1, 0.15) is 11.1 Å². The highest BCUT2D eigenvalue weighted by atomic mass is 32.1. The molecule has 0 saturated heterocycles. The molecule has 0 radical (unpaired) electrons. The lowest BCUT2D eigenvalue weighted by Gasteiger charge is -2.04. The Hall–Kier alpha value is -4.82. The number of aryl methyl sites for hydroxylation is 1. The van der Waals surface area contributed by atoms with Gasteiger partial charge in [-0.3, -0.25) is 4.79 Å². The predicted octanol–water partition coefficient (Wildman–Crippen LogP) is 5.09. The highest BCUT2D eigenvalue weighted by Crippen LogP contribution is 2.27. The van der Waals surface area contributed by atoms with E-state index in [0.717, 1.165) is 39.4 Å². The molecular weight excluding hydrogens is 494 g/mol. The molecule has 38 heavy (non-hydrogen) atoms. The number of hydrogen-bond acceptors (Lipinski definition) is 6. The molecular formula is C30H23N5O2S. The molecule has 0 unspecified atom stereocenters. The number of aromatic nitrogens is 5. The number of para-hydroxylation sites is 1. The van der Waals surface area contributed by atoms with Crippen LogP contribution in [0.15, 0.2) is 103 Å². The number of fused-ring (bicyclic) bond motifs is 1. The van der Waals surface area contributed by atoms with Gasteiger partial charge in [-0.05, 0) is 49.4 Å². The minimum atomic E-state index is -0.206. The maximum atomic E-state index is 13.3. The van der Waals surface area contributed by atoms with E-state index in [1.54, 1.807) is 6.08 Å². The van der Waals surface area contributed by atoms with Crippen LogP contribution in [0.25, 0.3) is 39.4 Å². The zero-order chi connectivity index (χ0) is 26.1. The van der Waals surface area contributed by atoms with Crippen LogP contribution in [-0.2, 0) is 0 Å². The number of hydrogen-bond donors (Lipinski definition) is 0. The van der Waals surface area contributed by atoms with Gasteiger partial charge < -0.3 is 4.74 Å². The Morgan fingerprint density at radius 1 is 0.947 bits per heavy atom. The summed E-state index contributed by atoms with van der Waals surface area (Å²) in [7, 11) is 0. The quantitative estimate of drug-likeness (QED) is 0.276. The van der Waals surface area contributed by atoms with Gasteiger partial charge in [0.2, 0.25) is 4.96 Å². The zero-order valence-electron chi connectivity index (χ0n) is 20.6. The molecule has 186 valence electrons. The summed E-state index contributed by atoms with van der Waals surface area (Å²) in [5.74, 6) is 1.29. The Morgan fingerprint density at radius 3 is 2.39 bits per heavy atom. The molecule has 6 aromatic rings. The van der Waals surface area contributed by atoms with Crippen LogP contribution in [0.2, 0.25) is 0 Å². The molecule has 7 nitrogen and oxygen atoms in total. The molecule has 3 aromatic heterocycles. The third-order valence-electron chi connectivity index (χ3n) is 6.04. The molecule has 3 aromatic carbocycles. The summed E-state index contributed by atoms with van der Waals surface area (Å²) in [5.41, 5.74) is 5.22. The van der Waals surface area contributed by atoms with Crippen molar-refractivity contribution in [1.82, 2.24) is 24.4 Å². The van der Waals surface area contributed by atoms with Crippen LogP contribution in [0.4, 0.5) is 0 Å². The summed E-state index contributed by atoms with van der Waals surface area (Å²) >= 11 is 1.31. The topological polar surface area (TPSA) is 74.3 Å². The van der Waals surface area contributed by atoms with E-state index in [4.69, 9.17) is 9.84 Å². The van der Waals surface area contributed by atoms with Crippen LogP contribution in [0.3, 0.4) is 0 Å². The fraction of sp³-hybridized carbons (Fsp3) is 0.0667. The Morgan fingerprint density at radius 2 is 1.68 bits per heavy atom. The second-order valence-corrected chi connectivity index (χ2v) is 9.76. The van der Waals surface area contributed by atoms with Gasteiger partial charge in [-0.25, -0.2) is 4.68 Å².